The highest BCUT2D eigenvalue weighted by molar-refractivity contribution is 5.99. The summed E-state index contributed by atoms with van der Waals surface area (Å²) in [5.74, 6) is -15.5. The fourth-order valence-corrected chi connectivity index (χ4v) is 6.06. The van der Waals surface area contributed by atoms with Gasteiger partial charge in [0, 0.05) is 29.9 Å². The molecule has 69 heavy (non-hydrogen) atoms. The molecule has 0 saturated heterocycles. The molecule has 0 spiro atoms. The molecule has 1 heterocycles. The Balaban J connectivity index is 2.11. The van der Waals surface area contributed by atoms with E-state index in [-0.39, 0.29) is 6.42 Å². The minimum absolute atomic E-state index is 0.232. The van der Waals surface area contributed by atoms with Crippen LogP contribution in [-0.4, -0.2) is 193 Å². The molecule has 0 saturated carbocycles. The van der Waals surface area contributed by atoms with Crippen molar-refractivity contribution in [2.24, 2.45) is 11.5 Å². The summed E-state index contributed by atoms with van der Waals surface area (Å²) in [6.07, 6.45) is -3.23. The molecule has 2 rings (SSSR count). The highest BCUT2D eigenvalue weighted by Crippen LogP contribution is 2.19. The van der Waals surface area contributed by atoms with Crippen molar-refractivity contribution in [1.82, 2.24) is 47.5 Å². The smallest absolute Gasteiger partial charge is 0.326 e. The molecule has 0 unspecified atom stereocenters. The zero-order valence-electron chi connectivity index (χ0n) is 36.6. The average Bonchev–Trinajstić information content (AvgIpc) is 3.69. The summed E-state index contributed by atoms with van der Waals surface area (Å²) in [4.78, 5) is 152. The van der Waals surface area contributed by atoms with Gasteiger partial charge in [0.15, 0.2) is 0 Å². The maximum Gasteiger partial charge on any atom is 0.326 e. The minimum atomic E-state index is -1.98. The van der Waals surface area contributed by atoms with Gasteiger partial charge in [-0.2, -0.15) is 0 Å². The number of aliphatic hydroxyl groups is 4. The Morgan fingerprint density at radius 3 is 1.59 bits per heavy atom. The van der Waals surface area contributed by atoms with Crippen LogP contribution in [0.2, 0.25) is 0 Å². The Morgan fingerprint density at radius 1 is 0.609 bits per heavy atom. The number of hydrogen-bond donors (Lipinski definition) is 18. The number of carbonyl (C=O) groups excluding carboxylic acids is 9. The number of nitrogens with two attached hydrogens (primary N) is 2. The SMILES string of the molecule is C[C@@H](O)[C@H](NC(=O)[C@H](CO)NC(=O)[C@H](CO)NC(=O)[C@H](CO)NC(=O)[C@H](CC(=O)O)NC(=O)[C@@H](N)CCC(=O)O)C(=O)NCC(=O)N[C@@H](Cc1c[nH]c2ccccc12)C(=O)N[C@@H](CC(N)=O)C(=O)O. The number of aliphatic hydroxyl groups excluding tert-OH is 4. The number of aromatic nitrogens is 1. The normalized spacial score (nSPS) is 14.9. The molecule has 9 atom stereocenters. The van der Waals surface area contributed by atoms with E-state index in [2.05, 4.69) is 20.9 Å². The zero-order chi connectivity index (χ0) is 52.1. The van der Waals surface area contributed by atoms with Gasteiger partial charge in [0.05, 0.1) is 51.4 Å². The predicted molar refractivity (Wildman–Crippen MR) is 230 cm³/mol. The molecular weight excluding hydrogens is 926 g/mol. The number of hydrogen-bond acceptors (Lipinski definition) is 17. The second kappa shape index (κ2) is 27.7. The number of rotatable bonds is 30. The van der Waals surface area contributed by atoms with Crippen molar-refractivity contribution in [3.05, 3.63) is 36.0 Å². The number of primary amides is 1. The molecule has 0 aliphatic carbocycles. The molecule has 2 aromatic rings. The fourth-order valence-electron chi connectivity index (χ4n) is 6.06. The van der Waals surface area contributed by atoms with E-state index < -0.39 is 178 Å². The molecule has 20 N–H and O–H groups in total. The summed E-state index contributed by atoms with van der Waals surface area (Å²) in [5, 5.41) is 84.6. The zero-order valence-corrected chi connectivity index (χ0v) is 36.6. The van der Waals surface area contributed by atoms with E-state index in [9.17, 15) is 88.2 Å². The number of aromatic amines is 1. The number of carbonyl (C=O) groups is 12. The van der Waals surface area contributed by atoms with Crippen LogP contribution in [0.1, 0.15) is 38.2 Å². The summed E-state index contributed by atoms with van der Waals surface area (Å²) >= 11 is 0. The molecule has 30 heteroatoms. The summed E-state index contributed by atoms with van der Waals surface area (Å²) in [6.45, 7) is -3.50. The lowest BCUT2D eigenvalue weighted by Crippen LogP contribution is -2.62. The number of benzene rings is 1. The Morgan fingerprint density at radius 2 is 1.10 bits per heavy atom. The lowest BCUT2D eigenvalue weighted by atomic mass is 10.0. The van der Waals surface area contributed by atoms with Gasteiger partial charge in [-0.1, -0.05) is 18.2 Å². The molecule has 1 aromatic heterocycles. The minimum Gasteiger partial charge on any atom is -0.481 e. The fraction of sp³-hybridized carbons (Fsp3) is 0.487. The Hall–Kier alpha value is -7.80. The van der Waals surface area contributed by atoms with Crippen molar-refractivity contribution in [2.45, 2.75) is 93.5 Å². The highest BCUT2D eigenvalue weighted by Gasteiger charge is 2.35. The first-order chi connectivity index (χ1) is 32.4. The van der Waals surface area contributed by atoms with Crippen molar-refractivity contribution in [3.63, 3.8) is 0 Å². The van der Waals surface area contributed by atoms with Crippen molar-refractivity contribution >= 4 is 82.0 Å². The largest absolute Gasteiger partial charge is 0.481 e. The third-order valence-corrected chi connectivity index (χ3v) is 9.72. The molecule has 1 aromatic carbocycles. The van der Waals surface area contributed by atoms with E-state index in [1.807, 2.05) is 26.6 Å². The van der Waals surface area contributed by atoms with Gasteiger partial charge >= 0.3 is 17.9 Å². The maximum absolute atomic E-state index is 13.3. The molecule has 30 nitrogen and oxygen atoms in total. The van der Waals surface area contributed by atoms with Gasteiger partial charge in [0.1, 0.15) is 42.3 Å². The van der Waals surface area contributed by atoms with Gasteiger partial charge in [-0.05, 0) is 25.0 Å². The van der Waals surface area contributed by atoms with Gasteiger partial charge in [0.2, 0.25) is 53.2 Å². The second-order valence-corrected chi connectivity index (χ2v) is 15.1. The van der Waals surface area contributed by atoms with Crippen molar-refractivity contribution in [2.75, 3.05) is 26.4 Å². The molecule has 0 radical (unpaired) electrons. The molecule has 0 fully saturated rings. The Kier molecular flexibility index (Phi) is 23.1. The van der Waals surface area contributed by atoms with Crippen LogP contribution in [0.4, 0.5) is 0 Å². The van der Waals surface area contributed by atoms with Gasteiger partial charge in [-0.15, -0.1) is 0 Å². The number of carboxylic acids is 3. The number of fused-ring (bicyclic) bond motifs is 1. The van der Waals surface area contributed by atoms with Gasteiger partial charge in [-0.25, -0.2) is 4.79 Å². The number of aliphatic carboxylic acids is 3. The van der Waals surface area contributed by atoms with Gasteiger partial charge in [0.25, 0.3) is 0 Å². The first kappa shape index (κ1) is 57.3. The third kappa shape index (κ3) is 18.8. The molecule has 9 amide bonds. The summed E-state index contributed by atoms with van der Waals surface area (Å²) < 4.78 is 0. The van der Waals surface area contributed by atoms with E-state index in [0.717, 1.165) is 6.92 Å². The first-order valence-electron chi connectivity index (χ1n) is 20.6. The van der Waals surface area contributed by atoms with Crippen LogP contribution in [0.3, 0.4) is 0 Å². The van der Waals surface area contributed by atoms with Crippen LogP contribution in [0, 0.1) is 0 Å². The van der Waals surface area contributed by atoms with Crippen LogP contribution >= 0.6 is 0 Å². The summed E-state index contributed by atoms with van der Waals surface area (Å²) in [5.41, 5.74) is 11.9. The van der Waals surface area contributed by atoms with Crippen LogP contribution in [0.5, 0.6) is 0 Å². The number of para-hydroxylation sites is 1. The van der Waals surface area contributed by atoms with Crippen LogP contribution < -0.4 is 54.0 Å². The standard InChI is InChI=1S/C39H55N11O19/c1-16(54)31(38(67)43-12-28(56)44-21(33(62)46-23(39(68)69)9-27(41)55)8-17-11-42-20-5-3-2-4-18(17)20)50-37(66)26(15-53)49-36(65)25(14-52)48-35(64)24(13-51)47-34(63)22(10-30(59)60)45-32(61)19(40)6-7-29(57)58/h2-5,11,16,19,21-26,31,42,51-54H,6-10,12-15,40H2,1H3,(H2,41,55)(H,43,67)(H,44,56)(H,45,61)(H,46,62)(H,47,63)(H,48,64)(H,49,65)(H,50,66)(H,57,58)(H,59,60)(H,68,69)/t16-,19+,21+,22+,23+,24+,25+,26+,31+/m1/s1. The number of H-pyrrole nitrogens is 1. The van der Waals surface area contributed by atoms with E-state index in [1.165, 1.54) is 6.20 Å². The van der Waals surface area contributed by atoms with Gasteiger partial charge in [-0.3, -0.25) is 52.7 Å². The van der Waals surface area contributed by atoms with E-state index in [1.54, 1.807) is 24.3 Å². The monoisotopic (exact) mass is 981 g/mol. The lowest BCUT2D eigenvalue weighted by molar-refractivity contribution is -0.143. The average molecular weight is 982 g/mol. The summed E-state index contributed by atoms with van der Waals surface area (Å²) in [6, 6.07) is -7.66. The third-order valence-electron chi connectivity index (χ3n) is 9.72. The van der Waals surface area contributed by atoms with E-state index in [0.29, 0.717) is 16.5 Å². The van der Waals surface area contributed by atoms with Crippen LogP contribution in [-0.2, 0) is 64.0 Å². The molecule has 0 aliphatic rings. The topological polar surface area (TPSA) is 511 Å². The van der Waals surface area contributed by atoms with Crippen molar-refractivity contribution in [1.29, 1.82) is 0 Å². The second-order valence-electron chi connectivity index (χ2n) is 15.1. The first-order valence-corrected chi connectivity index (χ1v) is 20.6. The van der Waals surface area contributed by atoms with E-state index >= 15 is 0 Å². The molecule has 0 bridgehead atoms. The van der Waals surface area contributed by atoms with Crippen LogP contribution in [0.25, 0.3) is 10.9 Å². The highest BCUT2D eigenvalue weighted by atomic mass is 16.4. The quantitative estimate of drug-likeness (QED) is 0.0346. The predicted octanol–water partition coefficient (Wildman–Crippen LogP) is -8.80. The van der Waals surface area contributed by atoms with E-state index in [4.69, 9.17) is 16.6 Å². The number of nitrogens with one attached hydrogen (secondary N) is 9. The Bertz CT molecular complexity index is 2220. The molecule has 380 valence electrons. The number of carboxylic acid groups (broad SMARTS) is 3. The van der Waals surface area contributed by atoms with Gasteiger partial charge < -0.3 is 94.7 Å². The van der Waals surface area contributed by atoms with Crippen molar-refractivity contribution in [3.8, 4) is 0 Å². The van der Waals surface area contributed by atoms with Crippen molar-refractivity contribution < 1.29 is 93.3 Å². The Labute approximate surface area is 389 Å². The maximum atomic E-state index is 13.3. The molecular formula is C39H55N11O19. The lowest BCUT2D eigenvalue weighted by Gasteiger charge is -2.26. The van der Waals surface area contributed by atoms with Crippen LogP contribution in [0.15, 0.2) is 30.5 Å². The summed E-state index contributed by atoms with van der Waals surface area (Å²) in [7, 11) is 0. The molecule has 0 aliphatic heterocycles. The number of amides is 9.